The van der Waals surface area contributed by atoms with Crippen LogP contribution in [0, 0.1) is 40.9 Å². The molecule has 0 atom stereocenters. The van der Waals surface area contributed by atoms with Crippen molar-refractivity contribution in [2.75, 3.05) is 19.6 Å². The molecule has 0 spiro atoms. The summed E-state index contributed by atoms with van der Waals surface area (Å²) in [6.45, 7) is 3.08. The van der Waals surface area contributed by atoms with Crippen LogP contribution >= 0.6 is 0 Å². The Bertz CT molecular complexity index is 377. The first-order valence-electron chi connectivity index (χ1n) is 8.65. The van der Waals surface area contributed by atoms with Crippen LogP contribution in [0.15, 0.2) is 0 Å². The molecule has 1 aliphatic heterocycles. The highest BCUT2D eigenvalue weighted by molar-refractivity contribution is 5.10. The first kappa shape index (κ1) is 13.1. The molecule has 5 aliphatic rings. The fourth-order valence-electron chi connectivity index (χ4n) is 5.87. The smallest absolute Gasteiger partial charge is 0.109 e. The Labute approximate surface area is 122 Å². The molecule has 0 aromatic rings. The summed E-state index contributed by atoms with van der Waals surface area (Å²) in [7, 11) is 0. The quantitative estimate of drug-likeness (QED) is 0.829. The number of nitriles is 1. The van der Waals surface area contributed by atoms with E-state index in [-0.39, 0.29) is 5.54 Å². The third-order valence-corrected chi connectivity index (χ3v) is 6.77. The van der Waals surface area contributed by atoms with E-state index in [0.717, 1.165) is 62.1 Å². The summed E-state index contributed by atoms with van der Waals surface area (Å²) < 4.78 is 0. The summed E-state index contributed by atoms with van der Waals surface area (Å²) in [4.78, 5) is 0. The average Bonchev–Trinajstić information content (AvgIpc) is 2.47. The highest BCUT2D eigenvalue weighted by Gasteiger charge is 2.48. The van der Waals surface area contributed by atoms with E-state index < -0.39 is 0 Å². The van der Waals surface area contributed by atoms with Crippen LogP contribution in [-0.2, 0) is 0 Å². The van der Waals surface area contributed by atoms with Gasteiger partial charge in [-0.05, 0) is 94.2 Å². The van der Waals surface area contributed by atoms with E-state index in [0.29, 0.717) is 0 Å². The van der Waals surface area contributed by atoms with E-state index in [1.165, 1.54) is 32.1 Å². The highest BCUT2D eigenvalue weighted by atomic mass is 15.0. The predicted octanol–water partition coefficient (Wildman–Crippen LogP) is 2.29. The lowest BCUT2D eigenvalue weighted by molar-refractivity contribution is -0.0376. The summed E-state index contributed by atoms with van der Waals surface area (Å²) in [6.07, 6.45) is 9.41. The van der Waals surface area contributed by atoms with Crippen LogP contribution in [0.3, 0.4) is 0 Å². The van der Waals surface area contributed by atoms with Crippen molar-refractivity contribution in [3.63, 3.8) is 0 Å². The monoisotopic (exact) mass is 273 g/mol. The van der Waals surface area contributed by atoms with Crippen LogP contribution in [0.5, 0.6) is 0 Å². The highest BCUT2D eigenvalue weighted by Crippen LogP contribution is 2.56. The standard InChI is InChI=1S/C17H27N3/c18-11-17(1-3-19-4-2-17)20-10-16-14-6-12-5-13(8-14)9-15(16)7-12/h12-16,19-20H,1-10H2. The normalized spacial score (nSPS) is 45.2. The van der Waals surface area contributed by atoms with Gasteiger partial charge in [-0.2, -0.15) is 5.26 Å². The molecule has 1 saturated heterocycles. The first-order chi connectivity index (χ1) is 9.78. The van der Waals surface area contributed by atoms with Crippen molar-refractivity contribution in [3.8, 4) is 6.07 Å². The molecule has 4 aliphatic carbocycles. The number of piperidine rings is 1. The zero-order chi connectivity index (χ0) is 13.6. The first-order valence-corrected chi connectivity index (χ1v) is 8.65. The van der Waals surface area contributed by atoms with Crippen LogP contribution in [0.4, 0.5) is 0 Å². The summed E-state index contributed by atoms with van der Waals surface area (Å²) in [6, 6.07) is 2.59. The van der Waals surface area contributed by atoms with Crippen LogP contribution in [0.1, 0.15) is 44.9 Å². The minimum atomic E-state index is -0.236. The fraction of sp³-hybridized carbons (Fsp3) is 0.941. The maximum Gasteiger partial charge on any atom is 0.109 e. The zero-order valence-corrected chi connectivity index (χ0v) is 12.4. The maximum absolute atomic E-state index is 9.58. The molecule has 0 aromatic carbocycles. The van der Waals surface area contributed by atoms with Gasteiger partial charge in [0.1, 0.15) is 5.54 Å². The molecule has 0 unspecified atom stereocenters. The Morgan fingerprint density at radius 1 is 1.00 bits per heavy atom. The Hall–Kier alpha value is -0.590. The van der Waals surface area contributed by atoms with Crippen molar-refractivity contribution in [1.82, 2.24) is 10.6 Å². The fourth-order valence-corrected chi connectivity index (χ4v) is 5.87. The molecule has 5 rings (SSSR count). The minimum absolute atomic E-state index is 0.236. The molecular formula is C17H27N3. The Morgan fingerprint density at radius 2 is 1.60 bits per heavy atom. The van der Waals surface area contributed by atoms with Gasteiger partial charge in [0.2, 0.25) is 0 Å². The summed E-state index contributed by atoms with van der Waals surface area (Å²) in [5.74, 6) is 4.91. The summed E-state index contributed by atoms with van der Waals surface area (Å²) in [5.41, 5.74) is -0.236. The molecule has 3 nitrogen and oxygen atoms in total. The number of nitrogens with zero attached hydrogens (tertiary/aromatic N) is 1. The second kappa shape index (κ2) is 5.00. The van der Waals surface area contributed by atoms with Crippen LogP contribution in [0.2, 0.25) is 0 Å². The molecule has 0 radical (unpaired) electrons. The lowest BCUT2D eigenvalue weighted by Crippen LogP contribution is -2.55. The molecule has 0 aromatic heterocycles. The van der Waals surface area contributed by atoms with Gasteiger partial charge < -0.3 is 5.32 Å². The van der Waals surface area contributed by atoms with E-state index >= 15 is 0 Å². The van der Waals surface area contributed by atoms with Gasteiger partial charge in [0.25, 0.3) is 0 Å². The number of nitrogens with one attached hydrogen (secondary N) is 2. The molecule has 5 fully saturated rings. The molecule has 3 heteroatoms. The van der Waals surface area contributed by atoms with Crippen LogP contribution in [0.25, 0.3) is 0 Å². The second-order valence-electron chi connectivity index (χ2n) is 7.92. The van der Waals surface area contributed by atoms with E-state index in [1.807, 2.05) is 0 Å². The predicted molar refractivity (Wildman–Crippen MR) is 79.0 cm³/mol. The van der Waals surface area contributed by atoms with Gasteiger partial charge >= 0.3 is 0 Å². The average molecular weight is 273 g/mol. The number of rotatable bonds is 3. The van der Waals surface area contributed by atoms with Crippen molar-refractivity contribution in [1.29, 1.82) is 5.26 Å². The van der Waals surface area contributed by atoms with E-state index in [4.69, 9.17) is 0 Å². The second-order valence-corrected chi connectivity index (χ2v) is 7.92. The number of hydrogen-bond donors (Lipinski definition) is 2. The molecule has 4 saturated carbocycles. The van der Waals surface area contributed by atoms with Crippen molar-refractivity contribution in [3.05, 3.63) is 0 Å². The third kappa shape index (κ3) is 2.18. The van der Waals surface area contributed by atoms with Crippen LogP contribution in [-0.4, -0.2) is 25.2 Å². The third-order valence-electron chi connectivity index (χ3n) is 6.77. The van der Waals surface area contributed by atoms with E-state index in [9.17, 15) is 5.26 Å². The van der Waals surface area contributed by atoms with Crippen molar-refractivity contribution in [2.45, 2.75) is 50.5 Å². The summed E-state index contributed by atoms with van der Waals surface area (Å²) in [5, 5.41) is 16.7. The Balaban J connectivity index is 1.41. The van der Waals surface area contributed by atoms with Gasteiger partial charge in [-0.25, -0.2) is 0 Å². The Kier molecular flexibility index (Phi) is 3.27. The minimum Gasteiger partial charge on any atom is -0.317 e. The Morgan fingerprint density at radius 3 is 2.15 bits per heavy atom. The van der Waals surface area contributed by atoms with Gasteiger partial charge in [0, 0.05) is 0 Å². The molecule has 4 bridgehead atoms. The largest absolute Gasteiger partial charge is 0.317 e. The van der Waals surface area contributed by atoms with Crippen molar-refractivity contribution >= 4 is 0 Å². The molecule has 0 amide bonds. The lowest BCUT2D eigenvalue weighted by Gasteiger charge is -2.55. The van der Waals surface area contributed by atoms with Crippen molar-refractivity contribution < 1.29 is 0 Å². The summed E-state index contributed by atoms with van der Waals surface area (Å²) >= 11 is 0. The van der Waals surface area contributed by atoms with Gasteiger partial charge in [-0.1, -0.05) is 0 Å². The molecule has 110 valence electrons. The van der Waals surface area contributed by atoms with Gasteiger partial charge in [0.15, 0.2) is 0 Å². The van der Waals surface area contributed by atoms with E-state index in [1.54, 1.807) is 0 Å². The van der Waals surface area contributed by atoms with E-state index in [2.05, 4.69) is 16.7 Å². The number of hydrogen-bond acceptors (Lipinski definition) is 3. The molecule has 1 heterocycles. The topological polar surface area (TPSA) is 47.9 Å². The zero-order valence-electron chi connectivity index (χ0n) is 12.4. The molecule has 20 heavy (non-hydrogen) atoms. The van der Waals surface area contributed by atoms with Crippen LogP contribution < -0.4 is 10.6 Å². The van der Waals surface area contributed by atoms with Gasteiger partial charge in [0.05, 0.1) is 6.07 Å². The SMILES string of the molecule is N#CC1(NCC2C3CC4CC(C3)CC2C4)CCNCC1. The lowest BCUT2D eigenvalue weighted by atomic mass is 9.52. The van der Waals surface area contributed by atoms with Gasteiger partial charge in [-0.15, -0.1) is 0 Å². The maximum atomic E-state index is 9.58. The van der Waals surface area contributed by atoms with Gasteiger partial charge in [-0.3, -0.25) is 5.32 Å². The van der Waals surface area contributed by atoms with Crippen molar-refractivity contribution in [2.24, 2.45) is 29.6 Å². The molecular weight excluding hydrogens is 246 g/mol. The molecule has 2 N–H and O–H groups in total.